The largest absolute Gasteiger partial charge is 0.348 e. The van der Waals surface area contributed by atoms with Crippen LogP contribution < -0.4 is 10.6 Å². The van der Waals surface area contributed by atoms with Crippen molar-refractivity contribution in [2.24, 2.45) is 0 Å². The Kier molecular flexibility index (Phi) is 5.04. The van der Waals surface area contributed by atoms with Crippen LogP contribution in [0, 0.1) is 5.82 Å². The van der Waals surface area contributed by atoms with Gasteiger partial charge in [0, 0.05) is 10.6 Å². The van der Waals surface area contributed by atoms with Crippen molar-refractivity contribution < 1.29 is 18.8 Å². The van der Waals surface area contributed by atoms with E-state index in [9.17, 15) is 18.8 Å². The van der Waals surface area contributed by atoms with Gasteiger partial charge in [0.2, 0.25) is 5.91 Å². The highest BCUT2D eigenvalue weighted by molar-refractivity contribution is 7.99. The summed E-state index contributed by atoms with van der Waals surface area (Å²) >= 11 is 1.61. The summed E-state index contributed by atoms with van der Waals surface area (Å²) in [6, 6.07) is 12.5. The highest BCUT2D eigenvalue weighted by atomic mass is 32.2. The molecule has 0 aromatic heterocycles. The predicted molar refractivity (Wildman–Crippen MR) is 107 cm³/mol. The first kappa shape index (κ1) is 19.4. The molecule has 0 spiro atoms. The SMILES string of the molecule is CC1(c2ccccc2)NC(=O)N(CC(=O)NC2CCSc3ccc(F)cc32)C1=O. The molecule has 0 saturated carbocycles. The van der Waals surface area contributed by atoms with Crippen LogP contribution in [0.5, 0.6) is 0 Å². The first-order chi connectivity index (χ1) is 13.9. The lowest BCUT2D eigenvalue weighted by Gasteiger charge is -2.27. The summed E-state index contributed by atoms with van der Waals surface area (Å²) in [4.78, 5) is 39.8. The molecular formula is C21H20FN3O3S. The third-order valence-corrected chi connectivity index (χ3v) is 6.40. The van der Waals surface area contributed by atoms with E-state index in [4.69, 9.17) is 0 Å². The molecule has 6 nitrogen and oxygen atoms in total. The van der Waals surface area contributed by atoms with Gasteiger partial charge < -0.3 is 10.6 Å². The van der Waals surface area contributed by atoms with Gasteiger partial charge in [-0.2, -0.15) is 0 Å². The maximum absolute atomic E-state index is 13.7. The van der Waals surface area contributed by atoms with E-state index in [0.717, 1.165) is 21.1 Å². The van der Waals surface area contributed by atoms with Crippen LogP contribution in [0.15, 0.2) is 53.4 Å². The zero-order valence-corrected chi connectivity index (χ0v) is 16.6. The van der Waals surface area contributed by atoms with E-state index in [-0.39, 0.29) is 18.4 Å². The van der Waals surface area contributed by atoms with Gasteiger partial charge in [-0.05, 0) is 42.7 Å². The van der Waals surface area contributed by atoms with E-state index >= 15 is 0 Å². The summed E-state index contributed by atoms with van der Waals surface area (Å²) in [5.41, 5.74) is 0.159. The van der Waals surface area contributed by atoms with Gasteiger partial charge in [-0.1, -0.05) is 30.3 Å². The van der Waals surface area contributed by atoms with Crippen molar-refractivity contribution in [2.45, 2.75) is 29.8 Å². The summed E-state index contributed by atoms with van der Waals surface area (Å²) in [6.07, 6.45) is 0.648. The standard InChI is InChI=1S/C21H20FN3O3S/c1-21(13-5-3-2-4-6-13)19(27)25(20(28)24-21)12-18(26)23-16-9-10-29-17-8-7-14(22)11-15(16)17/h2-8,11,16H,9-10,12H2,1H3,(H,23,26)(H,24,28). The van der Waals surface area contributed by atoms with Crippen LogP contribution in [0.1, 0.15) is 30.5 Å². The summed E-state index contributed by atoms with van der Waals surface area (Å²) in [5.74, 6) is -0.510. The minimum atomic E-state index is -1.21. The number of fused-ring (bicyclic) bond motifs is 1. The monoisotopic (exact) mass is 413 g/mol. The van der Waals surface area contributed by atoms with Gasteiger partial charge in [-0.3, -0.25) is 14.5 Å². The number of nitrogens with one attached hydrogen (secondary N) is 2. The van der Waals surface area contributed by atoms with Crippen LogP contribution in [-0.4, -0.2) is 35.0 Å². The van der Waals surface area contributed by atoms with Crippen molar-refractivity contribution in [2.75, 3.05) is 12.3 Å². The van der Waals surface area contributed by atoms with E-state index in [1.165, 1.54) is 12.1 Å². The average molecular weight is 413 g/mol. The van der Waals surface area contributed by atoms with Gasteiger partial charge >= 0.3 is 6.03 Å². The molecule has 2 aromatic carbocycles. The lowest BCUT2D eigenvalue weighted by molar-refractivity contribution is -0.135. The van der Waals surface area contributed by atoms with E-state index in [0.29, 0.717) is 12.0 Å². The van der Waals surface area contributed by atoms with Crippen LogP contribution >= 0.6 is 11.8 Å². The van der Waals surface area contributed by atoms with Crippen molar-refractivity contribution in [3.05, 3.63) is 65.5 Å². The van der Waals surface area contributed by atoms with Crippen LogP contribution in [0.2, 0.25) is 0 Å². The number of benzene rings is 2. The third-order valence-electron chi connectivity index (χ3n) is 5.27. The Morgan fingerprint density at radius 3 is 2.79 bits per heavy atom. The Morgan fingerprint density at radius 2 is 2.03 bits per heavy atom. The summed E-state index contributed by atoms with van der Waals surface area (Å²) in [5, 5.41) is 5.53. The predicted octanol–water partition coefficient (Wildman–Crippen LogP) is 2.95. The number of amides is 4. The van der Waals surface area contributed by atoms with E-state index in [2.05, 4.69) is 10.6 Å². The Bertz CT molecular complexity index is 984. The summed E-state index contributed by atoms with van der Waals surface area (Å²) < 4.78 is 13.7. The molecule has 0 aliphatic carbocycles. The Balaban J connectivity index is 1.48. The molecule has 0 radical (unpaired) electrons. The maximum Gasteiger partial charge on any atom is 0.325 e. The number of rotatable bonds is 4. The molecule has 2 atom stereocenters. The van der Waals surface area contributed by atoms with Crippen molar-refractivity contribution in [3.8, 4) is 0 Å². The molecule has 0 bridgehead atoms. The molecule has 2 unspecified atom stereocenters. The van der Waals surface area contributed by atoms with Crippen LogP contribution in [0.3, 0.4) is 0 Å². The minimum absolute atomic E-state index is 0.351. The second kappa shape index (κ2) is 7.51. The van der Waals surface area contributed by atoms with Crippen LogP contribution in [0.25, 0.3) is 0 Å². The van der Waals surface area contributed by atoms with E-state index in [1.54, 1.807) is 49.0 Å². The normalized spacial score (nSPS) is 23.5. The topological polar surface area (TPSA) is 78.5 Å². The number of nitrogens with zero attached hydrogens (tertiary/aromatic N) is 1. The Morgan fingerprint density at radius 1 is 1.28 bits per heavy atom. The molecule has 29 heavy (non-hydrogen) atoms. The van der Waals surface area contributed by atoms with Gasteiger partial charge in [0.25, 0.3) is 5.91 Å². The number of carbonyl (C=O) groups is 3. The number of urea groups is 1. The molecule has 2 heterocycles. The fraction of sp³-hybridized carbons (Fsp3) is 0.286. The molecule has 2 aliphatic heterocycles. The summed E-state index contributed by atoms with van der Waals surface area (Å²) in [6.45, 7) is 1.24. The van der Waals surface area contributed by atoms with Crippen molar-refractivity contribution in [1.29, 1.82) is 0 Å². The lowest BCUT2D eigenvalue weighted by Crippen LogP contribution is -2.44. The number of carbonyl (C=O) groups excluding carboxylic acids is 3. The second-order valence-corrected chi connectivity index (χ2v) is 8.39. The maximum atomic E-state index is 13.7. The quantitative estimate of drug-likeness (QED) is 0.756. The third kappa shape index (κ3) is 3.60. The first-order valence-electron chi connectivity index (χ1n) is 9.30. The Hall–Kier alpha value is -2.87. The number of thioether (sulfide) groups is 1. The lowest BCUT2D eigenvalue weighted by atomic mass is 9.92. The molecule has 150 valence electrons. The number of halogens is 1. The van der Waals surface area contributed by atoms with Crippen LogP contribution in [-0.2, 0) is 15.1 Å². The van der Waals surface area contributed by atoms with E-state index in [1.807, 2.05) is 6.07 Å². The highest BCUT2D eigenvalue weighted by Crippen LogP contribution is 2.36. The molecule has 2 aliphatic rings. The second-order valence-electron chi connectivity index (χ2n) is 7.25. The fourth-order valence-corrected chi connectivity index (χ4v) is 4.81. The molecule has 1 fully saturated rings. The zero-order chi connectivity index (χ0) is 20.6. The zero-order valence-electron chi connectivity index (χ0n) is 15.8. The Labute approximate surface area is 171 Å². The average Bonchev–Trinajstić information content (AvgIpc) is 2.93. The molecule has 4 rings (SSSR count). The van der Waals surface area contributed by atoms with Gasteiger partial charge in [-0.25, -0.2) is 9.18 Å². The van der Waals surface area contributed by atoms with Gasteiger partial charge in [0.15, 0.2) is 0 Å². The molecule has 2 N–H and O–H groups in total. The minimum Gasteiger partial charge on any atom is -0.348 e. The van der Waals surface area contributed by atoms with Crippen molar-refractivity contribution >= 4 is 29.6 Å². The smallest absolute Gasteiger partial charge is 0.325 e. The molecule has 8 heteroatoms. The highest BCUT2D eigenvalue weighted by Gasteiger charge is 2.49. The molecule has 2 aromatic rings. The number of imide groups is 1. The number of hydrogen-bond acceptors (Lipinski definition) is 4. The van der Waals surface area contributed by atoms with Gasteiger partial charge in [0.1, 0.15) is 17.9 Å². The van der Waals surface area contributed by atoms with Crippen LogP contribution in [0.4, 0.5) is 9.18 Å². The van der Waals surface area contributed by atoms with Crippen molar-refractivity contribution in [3.63, 3.8) is 0 Å². The number of hydrogen-bond donors (Lipinski definition) is 2. The van der Waals surface area contributed by atoms with Crippen molar-refractivity contribution in [1.82, 2.24) is 15.5 Å². The van der Waals surface area contributed by atoms with E-state index < -0.39 is 23.4 Å². The molecular weight excluding hydrogens is 393 g/mol. The molecule has 1 saturated heterocycles. The van der Waals surface area contributed by atoms with Gasteiger partial charge in [0.05, 0.1) is 6.04 Å². The first-order valence-corrected chi connectivity index (χ1v) is 10.3. The van der Waals surface area contributed by atoms with Gasteiger partial charge in [-0.15, -0.1) is 11.8 Å². The fourth-order valence-electron chi connectivity index (χ4n) is 3.71. The summed E-state index contributed by atoms with van der Waals surface area (Å²) in [7, 11) is 0. The molecule has 4 amide bonds.